The van der Waals surface area contributed by atoms with Gasteiger partial charge in [0, 0.05) is 17.7 Å². The Morgan fingerprint density at radius 2 is 1.57 bits per heavy atom. The van der Waals surface area contributed by atoms with E-state index in [9.17, 15) is 39.5 Å². The number of alkyl halides is 9. The van der Waals surface area contributed by atoms with E-state index in [4.69, 9.17) is 0 Å². The molecule has 1 aromatic heterocycles. The quantitative estimate of drug-likeness (QED) is 0.298. The number of hydrogen-bond donors (Lipinski definition) is 2. The summed E-state index contributed by atoms with van der Waals surface area (Å²) in [5.74, 6) is -0.878. The largest absolute Gasteiger partial charge is 0.573 e. The number of anilines is 3. The van der Waals surface area contributed by atoms with Crippen LogP contribution >= 0.6 is 0 Å². The number of ether oxygens (including phenoxy) is 1. The maximum Gasteiger partial charge on any atom is 0.573 e. The van der Waals surface area contributed by atoms with Crippen LogP contribution in [0.5, 0.6) is 5.75 Å². The molecule has 2 N–H and O–H groups in total. The van der Waals surface area contributed by atoms with Gasteiger partial charge in [-0.15, -0.1) is 13.2 Å². The number of benzene rings is 2. The van der Waals surface area contributed by atoms with Crippen molar-refractivity contribution in [2.45, 2.75) is 45.0 Å². The second-order valence-electron chi connectivity index (χ2n) is 7.87. The Morgan fingerprint density at radius 1 is 0.865 bits per heavy atom. The van der Waals surface area contributed by atoms with Crippen LogP contribution in [0.15, 0.2) is 48.5 Å². The minimum atomic E-state index is -5.14. The number of nitrogens with zero attached hydrogens (tertiary/aromatic N) is 2. The maximum absolute atomic E-state index is 13.6. The number of rotatable bonds is 7. The zero-order valence-electron chi connectivity index (χ0n) is 19.1. The molecule has 1 heterocycles. The summed E-state index contributed by atoms with van der Waals surface area (Å²) in [5, 5.41) is 5.27. The first kappa shape index (κ1) is 27.9. The number of halogens is 9. The van der Waals surface area contributed by atoms with Crippen molar-refractivity contribution in [1.29, 1.82) is 0 Å². The molecule has 3 aromatic rings. The Labute approximate surface area is 204 Å². The van der Waals surface area contributed by atoms with Gasteiger partial charge in [0.05, 0.1) is 22.5 Å². The van der Waals surface area contributed by atoms with E-state index in [0.29, 0.717) is 18.6 Å². The zero-order valence-corrected chi connectivity index (χ0v) is 19.1. The van der Waals surface area contributed by atoms with Crippen LogP contribution in [-0.2, 0) is 12.4 Å². The van der Waals surface area contributed by atoms with Crippen LogP contribution in [0.1, 0.15) is 31.4 Å². The van der Waals surface area contributed by atoms with Gasteiger partial charge in [0.15, 0.2) is 0 Å². The topological polar surface area (TPSA) is 59.1 Å². The molecule has 5 nitrogen and oxygen atoms in total. The molecule has 0 fully saturated rings. The van der Waals surface area contributed by atoms with Crippen molar-refractivity contribution in [2.75, 3.05) is 10.6 Å². The lowest BCUT2D eigenvalue weighted by atomic mass is 10.1. The summed E-state index contributed by atoms with van der Waals surface area (Å²) in [4.78, 5) is 8.30. The van der Waals surface area contributed by atoms with E-state index in [2.05, 4.69) is 25.3 Å². The van der Waals surface area contributed by atoms with Crippen LogP contribution < -0.4 is 15.4 Å². The fourth-order valence-corrected chi connectivity index (χ4v) is 3.10. The standard InChI is InChI=1S/C23H19F9N4O/c1-3-12(2)33-20-35-18(13-5-4-6-15(9-13)37-23(30,31)32)11-19(36-20)34-17-8-7-14(21(24,25)26)10-16(17)22(27,28)29/h4-12H,3H2,1-2H3,(H2,33,34,35,36)/t12-/m0/s1. The van der Waals surface area contributed by atoms with Crippen molar-refractivity contribution in [3.05, 3.63) is 59.7 Å². The molecule has 2 aromatic carbocycles. The molecular weight excluding hydrogens is 519 g/mol. The molecule has 0 amide bonds. The average molecular weight is 538 g/mol. The van der Waals surface area contributed by atoms with E-state index in [1.54, 1.807) is 6.92 Å². The molecule has 0 bridgehead atoms. The van der Waals surface area contributed by atoms with E-state index >= 15 is 0 Å². The van der Waals surface area contributed by atoms with Gasteiger partial charge in [-0.2, -0.15) is 31.3 Å². The van der Waals surface area contributed by atoms with Gasteiger partial charge in [-0.25, -0.2) is 4.98 Å². The summed E-state index contributed by atoms with van der Waals surface area (Å²) in [7, 11) is 0. The number of nitrogens with one attached hydrogen (secondary N) is 2. The minimum Gasteiger partial charge on any atom is -0.406 e. The fraction of sp³-hybridized carbons (Fsp3) is 0.304. The van der Waals surface area contributed by atoms with Crippen molar-refractivity contribution in [2.24, 2.45) is 0 Å². The summed E-state index contributed by atoms with van der Waals surface area (Å²) < 4.78 is 122. The average Bonchev–Trinajstić information content (AvgIpc) is 2.76. The minimum absolute atomic E-state index is 0.0106. The molecule has 0 saturated heterocycles. The van der Waals surface area contributed by atoms with Crippen LogP contribution in [0.25, 0.3) is 11.3 Å². The molecular formula is C23H19F9N4O. The molecule has 0 aliphatic heterocycles. The summed E-state index contributed by atoms with van der Waals surface area (Å²) in [6.45, 7) is 3.59. The highest BCUT2D eigenvalue weighted by molar-refractivity contribution is 5.70. The van der Waals surface area contributed by atoms with Gasteiger partial charge in [-0.3, -0.25) is 0 Å². The van der Waals surface area contributed by atoms with Gasteiger partial charge in [-0.05, 0) is 43.7 Å². The molecule has 0 spiro atoms. The Balaban J connectivity index is 2.08. The predicted octanol–water partition coefficient (Wildman–Crippen LogP) is 8.03. The van der Waals surface area contributed by atoms with Crippen molar-refractivity contribution in [3.63, 3.8) is 0 Å². The summed E-state index contributed by atoms with van der Waals surface area (Å²) in [6.07, 6.45) is -14.5. The first-order valence-electron chi connectivity index (χ1n) is 10.6. The molecule has 14 heteroatoms. The first-order chi connectivity index (χ1) is 17.0. The molecule has 0 aliphatic rings. The predicted molar refractivity (Wildman–Crippen MR) is 117 cm³/mol. The molecule has 0 unspecified atom stereocenters. The van der Waals surface area contributed by atoms with E-state index in [1.165, 1.54) is 12.1 Å². The third-order valence-electron chi connectivity index (χ3n) is 4.99. The van der Waals surface area contributed by atoms with E-state index in [0.717, 1.165) is 18.2 Å². The Kier molecular flexibility index (Phi) is 7.79. The summed E-state index contributed by atoms with van der Waals surface area (Å²) >= 11 is 0. The highest BCUT2D eigenvalue weighted by atomic mass is 19.4. The fourth-order valence-electron chi connectivity index (χ4n) is 3.10. The van der Waals surface area contributed by atoms with E-state index in [-0.39, 0.29) is 35.1 Å². The lowest BCUT2D eigenvalue weighted by Gasteiger charge is -2.18. The SMILES string of the molecule is CC[C@H](C)Nc1nc(Nc2ccc(C(F)(F)F)cc2C(F)(F)F)cc(-c2cccc(OC(F)(F)F)c2)n1. The normalized spacial score (nSPS) is 13.3. The van der Waals surface area contributed by atoms with Gasteiger partial charge in [0.25, 0.3) is 0 Å². The third-order valence-corrected chi connectivity index (χ3v) is 4.99. The van der Waals surface area contributed by atoms with E-state index in [1.807, 2.05) is 6.92 Å². The van der Waals surface area contributed by atoms with Gasteiger partial charge >= 0.3 is 18.7 Å². The van der Waals surface area contributed by atoms with Crippen LogP contribution in [0, 0.1) is 0 Å². The maximum atomic E-state index is 13.6. The van der Waals surface area contributed by atoms with Crippen LogP contribution in [0.3, 0.4) is 0 Å². The number of hydrogen-bond acceptors (Lipinski definition) is 5. The molecule has 200 valence electrons. The Morgan fingerprint density at radius 3 is 2.16 bits per heavy atom. The van der Waals surface area contributed by atoms with Crippen LogP contribution in [-0.4, -0.2) is 22.4 Å². The lowest BCUT2D eigenvalue weighted by Crippen LogP contribution is -2.17. The zero-order chi connectivity index (χ0) is 27.6. The molecule has 0 aliphatic carbocycles. The first-order valence-corrected chi connectivity index (χ1v) is 10.6. The van der Waals surface area contributed by atoms with Crippen molar-refractivity contribution in [3.8, 4) is 17.0 Å². The van der Waals surface area contributed by atoms with Gasteiger partial charge in [-0.1, -0.05) is 19.1 Å². The molecule has 0 radical (unpaired) electrons. The number of aromatic nitrogens is 2. The van der Waals surface area contributed by atoms with Gasteiger partial charge < -0.3 is 15.4 Å². The lowest BCUT2D eigenvalue weighted by molar-refractivity contribution is -0.274. The molecule has 3 rings (SSSR count). The monoisotopic (exact) mass is 538 g/mol. The van der Waals surface area contributed by atoms with Gasteiger partial charge in [0.2, 0.25) is 5.95 Å². The molecule has 0 saturated carbocycles. The van der Waals surface area contributed by atoms with Gasteiger partial charge in [0.1, 0.15) is 11.6 Å². The van der Waals surface area contributed by atoms with Crippen LogP contribution in [0.2, 0.25) is 0 Å². The summed E-state index contributed by atoms with van der Waals surface area (Å²) in [6, 6.07) is 6.74. The second-order valence-corrected chi connectivity index (χ2v) is 7.87. The highest BCUT2D eigenvalue weighted by Gasteiger charge is 2.38. The third kappa shape index (κ3) is 7.64. The van der Waals surface area contributed by atoms with Crippen molar-refractivity contribution in [1.82, 2.24) is 9.97 Å². The second kappa shape index (κ2) is 10.3. The van der Waals surface area contributed by atoms with E-state index < -0.39 is 41.3 Å². The van der Waals surface area contributed by atoms with Crippen molar-refractivity contribution >= 4 is 17.5 Å². The Hall–Kier alpha value is -3.71. The molecule has 37 heavy (non-hydrogen) atoms. The smallest absolute Gasteiger partial charge is 0.406 e. The van der Waals surface area contributed by atoms with Crippen LogP contribution in [0.4, 0.5) is 57.0 Å². The summed E-state index contributed by atoms with van der Waals surface area (Å²) in [5.41, 5.74) is -3.66. The highest BCUT2D eigenvalue weighted by Crippen LogP contribution is 2.40. The van der Waals surface area contributed by atoms with Crippen molar-refractivity contribution < 1.29 is 44.3 Å². The Bertz CT molecular complexity index is 1240. The molecule has 1 atom stereocenters.